The van der Waals surface area contributed by atoms with E-state index in [4.69, 9.17) is 4.42 Å². The highest BCUT2D eigenvalue weighted by Crippen LogP contribution is 2.04. The van der Waals surface area contributed by atoms with Crippen molar-refractivity contribution in [3.05, 3.63) is 30.0 Å². The maximum absolute atomic E-state index is 11.4. The number of aromatic nitrogens is 3. The first-order chi connectivity index (χ1) is 6.75. The van der Waals surface area contributed by atoms with E-state index in [-0.39, 0.29) is 17.6 Å². The molecule has 2 aromatic rings. The third-order valence-electron chi connectivity index (χ3n) is 1.57. The van der Waals surface area contributed by atoms with Gasteiger partial charge in [0.05, 0.1) is 6.26 Å². The van der Waals surface area contributed by atoms with Crippen LogP contribution in [0.15, 0.2) is 22.8 Å². The van der Waals surface area contributed by atoms with Crippen LogP contribution in [-0.4, -0.2) is 21.1 Å². The number of aryl methyl sites for hydroxylation is 1. The average molecular weight is 192 g/mol. The van der Waals surface area contributed by atoms with Gasteiger partial charge in [0, 0.05) is 0 Å². The maximum atomic E-state index is 11.4. The summed E-state index contributed by atoms with van der Waals surface area (Å²) >= 11 is 0. The number of nitrogens with one attached hydrogen (secondary N) is 2. The lowest BCUT2D eigenvalue weighted by Crippen LogP contribution is -2.11. The monoisotopic (exact) mass is 192 g/mol. The second-order valence-electron chi connectivity index (χ2n) is 2.68. The summed E-state index contributed by atoms with van der Waals surface area (Å²) in [7, 11) is 0. The molecule has 2 rings (SSSR count). The highest BCUT2D eigenvalue weighted by molar-refractivity contribution is 6.01. The number of nitrogens with zero attached hydrogens (tertiary/aromatic N) is 2. The quantitative estimate of drug-likeness (QED) is 0.742. The Labute approximate surface area is 79.3 Å². The molecule has 0 aliphatic carbocycles. The molecule has 2 aromatic heterocycles. The molecule has 0 spiro atoms. The highest BCUT2D eigenvalue weighted by Gasteiger charge is 2.10. The molecular weight excluding hydrogens is 184 g/mol. The van der Waals surface area contributed by atoms with Crippen LogP contribution < -0.4 is 5.32 Å². The molecule has 0 fully saturated rings. The Morgan fingerprint density at radius 2 is 2.50 bits per heavy atom. The minimum atomic E-state index is -0.367. The van der Waals surface area contributed by atoms with Gasteiger partial charge in [0.25, 0.3) is 5.91 Å². The highest BCUT2D eigenvalue weighted by atomic mass is 16.3. The zero-order valence-electron chi connectivity index (χ0n) is 7.44. The van der Waals surface area contributed by atoms with E-state index < -0.39 is 0 Å². The van der Waals surface area contributed by atoms with Gasteiger partial charge >= 0.3 is 0 Å². The summed E-state index contributed by atoms with van der Waals surface area (Å²) in [4.78, 5) is 15.3. The summed E-state index contributed by atoms with van der Waals surface area (Å²) in [6, 6.07) is 3.20. The lowest BCUT2D eigenvalue weighted by molar-refractivity contribution is 0.0996. The molecule has 2 N–H and O–H groups in total. The Balaban J connectivity index is 2.09. The van der Waals surface area contributed by atoms with Crippen LogP contribution in [0.25, 0.3) is 0 Å². The van der Waals surface area contributed by atoms with E-state index >= 15 is 0 Å². The number of H-pyrrole nitrogens is 1. The number of amides is 1. The molecule has 72 valence electrons. The van der Waals surface area contributed by atoms with E-state index in [1.54, 1.807) is 19.1 Å². The molecule has 0 saturated carbocycles. The first-order valence-electron chi connectivity index (χ1n) is 3.99. The Hall–Kier alpha value is -2.11. The Morgan fingerprint density at radius 1 is 1.64 bits per heavy atom. The lowest BCUT2D eigenvalue weighted by atomic mass is 10.4. The number of aromatic amines is 1. The zero-order chi connectivity index (χ0) is 9.97. The molecule has 14 heavy (non-hydrogen) atoms. The van der Waals surface area contributed by atoms with Gasteiger partial charge in [-0.25, -0.2) is 0 Å². The van der Waals surface area contributed by atoms with Gasteiger partial charge in [0.1, 0.15) is 5.82 Å². The topological polar surface area (TPSA) is 83.8 Å². The molecule has 0 aromatic carbocycles. The normalized spacial score (nSPS) is 10.1. The van der Waals surface area contributed by atoms with Crippen LogP contribution in [0, 0.1) is 6.92 Å². The number of rotatable bonds is 2. The average Bonchev–Trinajstić information content (AvgIpc) is 2.75. The fourth-order valence-corrected chi connectivity index (χ4v) is 0.970. The van der Waals surface area contributed by atoms with Crippen molar-refractivity contribution in [1.82, 2.24) is 15.2 Å². The van der Waals surface area contributed by atoms with E-state index in [0.717, 1.165) is 0 Å². The van der Waals surface area contributed by atoms with Gasteiger partial charge < -0.3 is 4.42 Å². The van der Waals surface area contributed by atoms with E-state index in [2.05, 4.69) is 20.5 Å². The summed E-state index contributed by atoms with van der Waals surface area (Å²) in [6.07, 6.45) is 1.43. The summed E-state index contributed by atoms with van der Waals surface area (Å²) in [6.45, 7) is 1.75. The fourth-order valence-electron chi connectivity index (χ4n) is 0.970. The Morgan fingerprint density at radius 3 is 3.07 bits per heavy atom. The number of hydrogen-bond donors (Lipinski definition) is 2. The lowest BCUT2D eigenvalue weighted by Gasteiger charge is -1.95. The molecule has 0 aliphatic heterocycles. The van der Waals surface area contributed by atoms with Crippen LogP contribution in [0.3, 0.4) is 0 Å². The number of carbonyl (C=O) groups excluding carboxylic acids is 1. The molecule has 6 heteroatoms. The predicted molar refractivity (Wildman–Crippen MR) is 47.8 cm³/mol. The summed E-state index contributed by atoms with van der Waals surface area (Å²) in [5.74, 6) is 0.741. The number of anilines is 1. The first kappa shape index (κ1) is 8.49. The molecular formula is C8H8N4O2. The maximum Gasteiger partial charge on any atom is 0.293 e. The van der Waals surface area contributed by atoms with E-state index in [9.17, 15) is 4.79 Å². The fraction of sp³-hybridized carbons (Fsp3) is 0.125. The van der Waals surface area contributed by atoms with Gasteiger partial charge in [0.15, 0.2) is 5.76 Å². The van der Waals surface area contributed by atoms with Gasteiger partial charge in [-0.3, -0.25) is 15.2 Å². The van der Waals surface area contributed by atoms with Gasteiger partial charge in [-0.2, -0.15) is 4.98 Å². The molecule has 1 amide bonds. The Bertz CT molecular complexity index is 432. The molecule has 0 unspecified atom stereocenters. The van der Waals surface area contributed by atoms with Crippen molar-refractivity contribution < 1.29 is 9.21 Å². The van der Waals surface area contributed by atoms with Crippen molar-refractivity contribution in [2.24, 2.45) is 0 Å². The molecule has 0 aliphatic rings. The molecule has 0 radical (unpaired) electrons. The van der Waals surface area contributed by atoms with Gasteiger partial charge in [0.2, 0.25) is 5.95 Å². The number of furan rings is 1. The minimum absolute atomic E-state index is 0.229. The van der Waals surface area contributed by atoms with E-state index in [1.165, 1.54) is 6.26 Å². The molecule has 0 bridgehead atoms. The Kier molecular flexibility index (Phi) is 2.02. The van der Waals surface area contributed by atoms with Crippen molar-refractivity contribution >= 4 is 11.9 Å². The first-order valence-corrected chi connectivity index (χ1v) is 3.99. The smallest absolute Gasteiger partial charge is 0.293 e. The predicted octanol–water partition coefficient (Wildman–Crippen LogP) is 0.958. The number of hydrogen-bond acceptors (Lipinski definition) is 4. The van der Waals surface area contributed by atoms with Crippen LogP contribution in [0.1, 0.15) is 16.4 Å². The van der Waals surface area contributed by atoms with E-state index in [1.807, 2.05) is 0 Å². The molecule has 6 nitrogen and oxygen atoms in total. The van der Waals surface area contributed by atoms with Crippen LogP contribution in [-0.2, 0) is 0 Å². The van der Waals surface area contributed by atoms with Crippen molar-refractivity contribution in [2.75, 3.05) is 5.32 Å². The van der Waals surface area contributed by atoms with Crippen molar-refractivity contribution in [3.8, 4) is 0 Å². The largest absolute Gasteiger partial charge is 0.459 e. The second kappa shape index (κ2) is 3.33. The minimum Gasteiger partial charge on any atom is -0.459 e. The van der Waals surface area contributed by atoms with Gasteiger partial charge in [-0.05, 0) is 19.1 Å². The molecule has 0 atom stereocenters. The van der Waals surface area contributed by atoms with Crippen LogP contribution in [0.4, 0.5) is 5.95 Å². The van der Waals surface area contributed by atoms with Crippen molar-refractivity contribution in [2.45, 2.75) is 6.92 Å². The van der Waals surface area contributed by atoms with E-state index in [0.29, 0.717) is 5.82 Å². The number of carbonyl (C=O) groups is 1. The molecule has 0 saturated heterocycles. The van der Waals surface area contributed by atoms with Crippen LogP contribution in [0.2, 0.25) is 0 Å². The summed E-state index contributed by atoms with van der Waals surface area (Å²) in [5.41, 5.74) is 0. The summed E-state index contributed by atoms with van der Waals surface area (Å²) < 4.78 is 4.90. The van der Waals surface area contributed by atoms with Gasteiger partial charge in [-0.1, -0.05) is 0 Å². The van der Waals surface area contributed by atoms with Crippen molar-refractivity contribution in [3.63, 3.8) is 0 Å². The third-order valence-corrected chi connectivity index (χ3v) is 1.57. The summed E-state index contributed by atoms with van der Waals surface area (Å²) in [5, 5.41) is 8.85. The SMILES string of the molecule is Cc1nc(NC(=O)c2ccco2)n[nH]1. The third kappa shape index (κ3) is 1.63. The standard InChI is InChI=1S/C8H8N4O2/c1-5-9-8(12-11-5)10-7(13)6-3-2-4-14-6/h2-4H,1H3,(H2,9,10,11,12,13). The molecule has 2 heterocycles. The van der Waals surface area contributed by atoms with Crippen molar-refractivity contribution in [1.29, 1.82) is 0 Å². The second-order valence-corrected chi connectivity index (χ2v) is 2.68. The zero-order valence-corrected chi connectivity index (χ0v) is 7.44. The van der Waals surface area contributed by atoms with Crippen LogP contribution >= 0.6 is 0 Å². The van der Waals surface area contributed by atoms with Crippen LogP contribution in [0.5, 0.6) is 0 Å². The van der Waals surface area contributed by atoms with Gasteiger partial charge in [-0.15, -0.1) is 5.10 Å².